The first-order valence-corrected chi connectivity index (χ1v) is 21.6. The van der Waals surface area contributed by atoms with Crippen LogP contribution in [0.1, 0.15) is 107 Å². The number of Topliss-reactive ketones (excluding diaryl/α,β-unsaturated/α-hetero) is 1. The van der Waals surface area contributed by atoms with Crippen LogP contribution < -0.4 is 15.8 Å². The quantitative estimate of drug-likeness (QED) is 0.159. The molecular weight excluding hydrogens is 749 g/mol. The van der Waals surface area contributed by atoms with E-state index in [9.17, 15) is 37.5 Å². The van der Waals surface area contributed by atoms with Gasteiger partial charge in [0.25, 0.3) is 17.7 Å². The van der Waals surface area contributed by atoms with Gasteiger partial charge in [-0.2, -0.15) is 11.8 Å². The first-order valence-electron chi connectivity index (χ1n) is 19.0. The van der Waals surface area contributed by atoms with Crippen molar-refractivity contribution in [2.45, 2.75) is 113 Å². The zero-order chi connectivity index (χ0) is 39.5. The maximum Gasteiger partial charge on any atom is 0.287 e. The van der Waals surface area contributed by atoms with Crippen LogP contribution in [0.15, 0.2) is 40.4 Å². The van der Waals surface area contributed by atoms with Gasteiger partial charge in [-0.15, -0.1) is 5.10 Å². The van der Waals surface area contributed by atoms with Crippen molar-refractivity contribution < 1.29 is 37.5 Å². The number of thioether (sulfide) groups is 1. The Morgan fingerprint density at radius 1 is 1.02 bits per heavy atom. The van der Waals surface area contributed by atoms with Crippen molar-refractivity contribution in [3.05, 3.63) is 41.7 Å². The van der Waals surface area contributed by atoms with Crippen LogP contribution in [0.3, 0.4) is 0 Å². The maximum absolute atomic E-state index is 14.8. The molecule has 2 aliphatic heterocycles. The molecule has 3 heterocycles. The van der Waals surface area contributed by atoms with E-state index in [1.165, 1.54) is 40.0 Å². The smallest absolute Gasteiger partial charge is 0.287 e. The minimum Gasteiger partial charge on any atom is -0.384 e. The number of likely N-dealkylation sites (tertiary alicyclic amines) is 1. The van der Waals surface area contributed by atoms with Crippen molar-refractivity contribution in [2.75, 3.05) is 24.6 Å². The van der Waals surface area contributed by atoms with E-state index in [1.54, 1.807) is 25.6 Å². The summed E-state index contributed by atoms with van der Waals surface area (Å²) < 4.78 is 29.7. The molecule has 2 saturated heterocycles. The molecule has 55 heavy (non-hydrogen) atoms. The molecule has 6 rings (SSSR count). The van der Waals surface area contributed by atoms with Crippen molar-refractivity contribution >= 4 is 56.9 Å². The molecule has 5 N–H and O–H groups in total. The number of benzene rings is 1. The van der Waals surface area contributed by atoms with Crippen LogP contribution in [0, 0.1) is 11.8 Å². The van der Waals surface area contributed by atoms with E-state index in [2.05, 4.69) is 25.3 Å². The van der Waals surface area contributed by atoms with Crippen molar-refractivity contribution in [1.82, 2.24) is 29.9 Å². The zero-order valence-corrected chi connectivity index (χ0v) is 32.9. The second-order valence-corrected chi connectivity index (χ2v) is 18.7. The molecule has 1 aromatic carbocycles. The average molecular weight is 799 g/mol. The van der Waals surface area contributed by atoms with Crippen LogP contribution in [-0.2, 0) is 34.8 Å². The van der Waals surface area contributed by atoms with Crippen LogP contribution in [0.2, 0.25) is 0 Å². The number of carbonyl (C=O) groups is 5. The Bertz CT molecular complexity index is 1930. The summed E-state index contributed by atoms with van der Waals surface area (Å²) in [5, 5.41) is 21.9. The van der Waals surface area contributed by atoms with E-state index in [0.29, 0.717) is 29.7 Å². The lowest BCUT2D eigenvalue weighted by atomic mass is 9.85. The van der Waals surface area contributed by atoms with Gasteiger partial charge in [-0.3, -0.25) is 24.0 Å². The molecule has 0 bridgehead atoms. The standard InChI is InChI=1S/C37H50N8O8S2/c1-36(2,51)30-21-39-43-45(30)26-19-29(34(49)42-37(31(46)32(38)47)14-16-54-17-15-37)44(22-26)35(50)28(18-23-6-4-3-5-7-23)41-33(48)25-10-12-27(13-11-25)55(52,53)40-20-24-8-9-24/h10-13,21,23-24,26,29,40,51H,3-9,14-20,22H2,1-2H3,(H2,38,47)(H,42,49)/t26-,29-/m0/s1. The van der Waals surface area contributed by atoms with E-state index in [4.69, 9.17) is 5.73 Å². The summed E-state index contributed by atoms with van der Waals surface area (Å²) in [6.07, 6.45) is 8.58. The van der Waals surface area contributed by atoms with E-state index < -0.39 is 62.7 Å². The number of rotatable bonds is 14. The predicted molar refractivity (Wildman–Crippen MR) is 203 cm³/mol. The Kier molecular flexibility index (Phi) is 12.3. The second-order valence-electron chi connectivity index (χ2n) is 15.8. The average Bonchev–Trinajstić information content (AvgIpc) is 3.65. The summed E-state index contributed by atoms with van der Waals surface area (Å²) in [7, 11) is -3.77. The first kappa shape index (κ1) is 40.7. The highest BCUT2D eigenvalue weighted by Gasteiger charge is 2.49. The second kappa shape index (κ2) is 16.6. The molecule has 0 radical (unpaired) electrons. The third-order valence-corrected chi connectivity index (χ3v) is 13.5. The summed E-state index contributed by atoms with van der Waals surface area (Å²) in [5.74, 6) is -2.71. The summed E-state index contributed by atoms with van der Waals surface area (Å²) >= 11 is 1.58. The van der Waals surface area contributed by atoms with Gasteiger partial charge in [0, 0.05) is 25.1 Å². The number of aromatic nitrogens is 3. The lowest BCUT2D eigenvalue weighted by Crippen LogP contribution is -2.63. The molecule has 2 aliphatic carbocycles. The number of hydrogen-bond acceptors (Lipinski definition) is 11. The van der Waals surface area contributed by atoms with Gasteiger partial charge in [0.15, 0.2) is 0 Å². The molecule has 16 nitrogen and oxygen atoms in total. The van der Waals surface area contributed by atoms with E-state index in [1.807, 2.05) is 0 Å². The fourth-order valence-electron chi connectivity index (χ4n) is 7.71. The minimum absolute atomic E-state index is 0.00633. The molecular formula is C37H50N8O8S2. The molecule has 1 aromatic heterocycles. The summed E-state index contributed by atoms with van der Waals surface area (Å²) in [6, 6.07) is 3.58. The third kappa shape index (κ3) is 9.52. The van der Waals surface area contributed by atoms with Gasteiger partial charge >= 0.3 is 0 Å². The lowest BCUT2D eigenvalue weighted by molar-refractivity contribution is -0.143. The Morgan fingerprint density at radius 2 is 1.69 bits per heavy atom. The number of amides is 4. The number of sulfonamides is 1. The number of nitrogens with two attached hydrogens (primary N) is 1. The zero-order valence-electron chi connectivity index (χ0n) is 31.2. The summed E-state index contributed by atoms with van der Waals surface area (Å²) in [6.45, 7) is 3.43. The molecule has 2 atom stereocenters. The van der Waals surface area contributed by atoms with Crippen LogP contribution in [0.4, 0.5) is 0 Å². The highest BCUT2D eigenvalue weighted by atomic mass is 32.2. The number of primary amides is 1. The summed E-state index contributed by atoms with van der Waals surface area (Å²) in [4.78, 5) is 73.9. The van der Waals surface area contributed by atoms with E-state index in [-0.39, 0.29) is 54.3 Å². The Hall–Kier alpha value is -4.00. The summed E-state index contributed by atoms with van der Waals surface area (Å²) in [5.41, 5.74) is 2.95. The molecule has 18 heteroatoms. The highest BCUT2D eigenvalue weighted by Crippen LogP contribution is 2.35. The third-order valence-electron chi connectivity index (χ3n) is 11.1. The molecule has 0 unspecified atom stereocenters. The van der Waals surface area contributed by atoms with Gasteiger partial charge in [0.05, 0.1) is 22.8 Å². The molecule has 4 aliphatic rings. The molecule has 2 saturated carbocycles. The largest absolute Gasteiger partial charge is 0.384 e. The molecule has 4 amide bonds. The fraction of sp³-hybridized carbons (Fsp3) is 0.622. The molecule has 4 fully saturated rings. The van der Waals surface area contributed by atoms with Crippen molar-refractivity contribution in [1.29, 1.82) is 0 Å². The van der Waals surface area contributed by atoms with Crippen LogP contribution in [0.5, 0.6) is 0 Å². The number of hydrogen-bond donors (Lipinski definition) is 4. The van der Waals surface area contributed by atoms with Crippen molar-refractivity contribution in [3.63, 3.8) is 0 Å². The number of aliphatic hydroxyl groups is 1. The van der Waals surface area contributed by atoms with E-state index >= 15 is 0 Å². The number of carbonyl (C=O) groups excluding carboxylic acids is 5. The Morgan fingerprint density at radius 3 is 2.31 bits per heavy atom. The first-order chi connectivity index (χ1) is 26.1. The van der Waals surface area contributed by atoms with Gasteiger partial charge < -0.3 is 21.1 Å². The van der Waals surface area contributed by atoms with Crippen LogP contribution in [-0.4, -0.2) is 105 Å². The van der Waals surface area contributed by atoms with Crippen LogP contribution in [0.25, 0.3) is 0 Å². The Labute approximate surface area is 324 Å². The van der Waals surface area contributed by atoms with Gasteiger partial charge in [-0.1, -0.05) is 37.3 Å². The number of nitrogens with one attached hydrogen (secondary N) is 2. The molecule has 298 valence electrons. The van der Waals surface area contributed by atoms with Gasteiger partial charge in [-0.25, -0.2) is 22.8 Å². The number of aliphatic imine (C=N–C) groups is 1. The fourth-order valence-corrected chi connectivity index (χ4v) is 10.0. The minimum atomic E-state index is -3.77. The molecule has 0 spiro atoms. The van der Waals surface area contributed by atoms with Crippen molar-refractivity contribution in [2.24, 2.45) is 22.6 Å². The maximum atomic E-state index is 14.8. The highest BCUT2D eigenvalue weighted by molar-refractivity contribution is 7.99. The number of ketones is 1. The van der Waals surface area contributed by atoms with Gasteiger partial charge in [0.2, 0.25) is 21.7 Å². The monoisotopic (exact) mass is 798 g/mol. The SMILES string of the molecule is CC(C)(O)c1cnnn1[C@H]1C[C@@H](C(=O)NC2(C(=O)C(N)=O)CCSCC2)N(C(=O)C(CC2CCCCC2)=NC(=O)c2ccc(S(=O)(=O)NCC3CC3)cc2)C1. The lowest BCUT2D eigenvalue weighted by Gasteiger charge is -2.37. The topological polar surface area (TPSA) is 236 Å². The Balaban J connectivity index is 1.32. The predicted octanol–water partition coefficient (Wildman–Crippen LogP) is 2.02. The van der Waals surface area contributed by atoms with Gasteiger partial charge in [-0.05, 0) is 93.6 Å². The van der Waals surface area contributed by atoms with Gasteiger partial charge in [0.1, 0.15) is 22.9 Å². The van der Waals surface area contributed by atoms with Crippen molar-refractivity contribution in [3.8, 4) is 0 Å². The van der Waals surface area contributed by atoms with Crippen LogP contribution >= 0.6 is 11.8 Å². The number of nitrogens with zero attached hydrogens (tertiary/aromatic N) is 5. The molecule has 2 aromatic rings. The van der Waals surface area contributed by atoms with E-state index in [0.717, 1.165) is 44.9 Å². The normalized spacial score (nSPS) is 22.3.